The zero-order chi connectivity index (χ0) is 22.0. The van der Waals surface area contributed by atoms with Crippen LogP contribution in [0.25, 0.3) is 5.76 Å². The summed E-state index contributed by atoms with van der Waals surface area (Å²) >= 11 is 6.85. The van der Waals surface area contributed by atoms with Gasteiger partial charge in [0.15, 0.2) is 0 Å². The van der Waals surface area contributed by atoms with E-state index in [1.54, 1.807) is 29.2 Å². The highest BCUT2D eigenvalue weighted by Gasteiger charge is 2.46. The number of Topliss-reactive ketones (excluding diaryl/α,β-unsaturated/α-hetero) is 1. The van der Waals surface area contributed by atoms with Crippen LogP contribution in [0.1, 0.15) is 17.2 Å². The van der Waals surface area contributed by atoms with Crippen LogP contribution in [0.2, 0.25) is 0 Å². The molecule has 2 fully saturated rings. The smallest absolute Gasteiger partial charge is 0.295 e. The zero-order valence-electron chi connectivity index (χ0n) is 16.8. The van der Waals surface area contributed by atoms with Gasteiger partial charge >= 0.3 is 0 Å². The largest absolute Gasteiger partial charge is 0.507 e. The van der Waals surface area contributed by atoms with Crippen molar-refractivity contribution in [1.29, 1.82) is 0 Å². The average Bonchev–Trinajstić information content (AvgIpc) is 3.03. The second-order valence-electron chi connectivity index (χ2n) is 7.51. The fraction of sp³-hybridized carbons (Fsp3) is 0.304. The zero-order valence-corrected chi connectivity index (χ0v) is 19.9. The standard InChI is InChI=1S/C23H22Br2N2O4/c24-17-6-4-15(5-7-17)21(28)19-20(16-2-1-3-18(25)14-16)27(23(30)22(19)29)9-8-26-10-12-31-13-11-26/h1-7,14,20,28H,8-13H2/t20-/m1/s1. The number of ketones is 1. The summed E-state index contributed by atoms with van der Waals surface area (Å²) < 4.78 is 7.09. The van der Waals surface area contributed by atoms with Crippen molar-refractivity contribution in [3.8, 4) is 0 Å². The van der Waals surface area contributed by atoms with Gasteiger partial charge in [-0.3, -0.25) is 14.5 Å². The molecule has 31 heavy (non-hydrogen) atoms. The molecule has 1 atom stereocenters. The number of likely N-dealkylation sites (tertiary alicyclic amines) is 1. The van der Waals surface area contributed by atoms with E-state index >= 15 is 0 Å². The van der Waals surface area contributed by atoms with Crippen molar-refractivity contribution in [3.05, 3.63) is 74.2 Å². The number of nitrogens with zero attached hydrogens (tertiary/aromatic N) is 2. The van der Waals surface area contributed by atoms with E-state index in [-0.39, 0.29) is 11.3 Å². The number of benzene rings is 2. The number of amides is 1. The van der Waals surface area contributed by atoms with E-state index in [0.29, 0.717) is 31.9 Å². The molecule has 0 saturated carbocycles. The third-order valence-corrected chi connectivity index (χ3v) is 6.60. The Morgan fingerprint density at radius 3 is 2.39 bits per heavy atom. The van der Waals surface area contributed by atoms with Crippen molar-refractivity contribution in [2.45, 2.75) is 6.04 Å². The third kappa shape index (κ3) is 4.77. The fourth-order valence-corrected chi connectivity index (χ4v) is 4.65. The van der Waals surface area contributed by atoms with E-state index in [0.717, 1.165) is 27.6 Å². The first-order valence-electron chi connectivity index (χ1n) is 10.1. The lowest BCUT2D eigenvalue weighted by Gasteiger charge is -2.31. The van der Waals surface area contributed by atoms with Crippen molar-refractivity contribution in [3.63, 3.8) is 0 Å². The minimum Gasteiger partial charge on any atom is -0.507 e. The molecule has 2 aromatic carbocycles. The molecule has 0 aromatic heterocycles. The van der Waals surface area contributed by atoms with Gasteiger partial charge in [-0.1, -0.05) is 56.1 Å². The van der Waals surface area contributed by atoms with Gasteiger partial charge in [0.2, 0.25) is 0 Å². The molecule has 0 bridgehead atoms. The first-order chi connectivity index (χ1) is 15.0. The van der Waals surface area contributed by atoms with E-state index in [2.05, 4.69) is 36.8 Å². The minimum absolute atomic E-state index is 0.118. The Hall–Kier alpha value is -2.00. The Kier molecular flexibility index (Phi) is 6.91. The van der Waals surface area contributed by atoms with Crippen LogP contribution in [-0.4, -0.2) is 66.0 Å². The summed E-state index contributed by atoms with van der Waals surface area (Å²) in [5.41, 5.74) is 1.39. The van der Waals surface area contributed by atoms with E-state index in [9.17, 15) is 14.7 Å². The highest BCUT2D eigenvalue weighted by molar-refractivity contribution is 9.10. The lowest BCUT2D eigenvalue weighted by molar-refractivity contribution is -0.140. The number of morpholine rings is 1. The Labute approximate surface area is 197 Å². The van der Waals surface area contributed by atoms with Crippen LogP contribution in [0.5, 0.6) is 0 Å². The maximum atomic E-state index is 13.1. The highest BCUT2D eigenvalue weighted by atomic mass is 79.9. The van der Waals surface area contributed by atoms with Crippen LogP contribution in [0, 0.1) is 0 Å². The summed E-state index contributed by atoms with van der Waals surface area (Å²) in [6.45, 7) is 3.95. The third-order valence-electron chi connectivity index (χ3n) is 5.58. The number of halogens is 2. The van der Waals surface area contributed by atoms with Gasteiger partial charge < -0.3 is 14.7 Å². The molecule has 8 heteroatoms. The number of carbonyl (C=O) groups excluding carboxylic acids is 2. The van der Waals surface area contributed by atoms with E-state index in [1.165, 1.54) is 0 Å². The maximum Gasteiger partial charge on any atom is 0.295 e. The van der Waals surface area contributed by atoms with Crippen molar-refractivity contribution in [1.82, 2.24) is 9.80 Å². The van der Waals surface area contributed by atoms with E-state index in [1.807, 2.05) is 24.3 Å². The van der Waals surface area contributed by atoms with Gasteiger partial charge in [0.25, 0.3) is 11.7 Å². The molecule has 0 spiro atoms. The maximum absolute atomic E-state index is 13.1. The van der Waals surface area contributed by atoms with Gasteiger partial charge in [0.1, 0.15) is 5.76 Å². The van der Waals surface area contributed by atoms with Crippen molar-refractivity contribution >= 4 is 49.3 Å². The first kappa shape index (κ1) is 22.2. The molecule has 6 nitrogen and oxygen atoms in total. The molecule has 2 heterocycles. The second-order valence-corrected chi connectivity index (χ2v) is 9.34. The minimum atomic E-state index is -0.660. The first-order valence-corrected chi connectivity index (χ1v) is 11.6. The summed E-state index contributed by atoms with van der Waals surface area (Å²) in [5.74, 6) is -1.41. The molecule has 2 aliphatic heterocycles. The lowest BCUT2D eigenvalue weighted by Crippen LogP contribution is -2.42. The van der Waals surface area contributed by atoms with Crippen LogP contribution in [-0.2, 0) is 14.3 Å². The van der Waals surface area contributed by atoms with Crippen LogP contribution in [0.3, 0.4) is 0 Å². The predicted molar refractivity (Wildman–Crippen MR) is 125 cm³/mol. The van der Waals surface area contributed by atoms with Gasteiger partial charge in [0.05, 0.1) is 24.8 Å². The van der Waals surface area contributed by atoms with Crippen molar-refractivity contribution < 1.29 is 19.4 Å². The summed E-state index contributed by atoms with van der Waals surface area (Å²) in [6.07, 6.45) is 0. The Balaban J connectivity index is 1.73. The summed E-state index contributed by atoms with van der Waals surface area (Å²) in [6, 6.07) is 13.9. The molecular formula is C23H22Br2N2O4. The Bertz CT molecular complexity index is 1020. The summed E-state index contributed by atoms with van der Waals surface area (Å²) in [5, 5.41) is 11.1. The molecule has 4 rings (SSSR count). The molecule has 2 saturated heterocycles. The van der Waals surface area contributed by atoms with Crippen LogP contribution < -0.4 is 0 Å². The number of hydrogen-bond acceptors (Lipinski definition) is 5. The van der Waals surface area contributed by atoms with Crippen molar-refractivity contribution in [2.75, 3.05) is 39.4 Å². The molecular weight excluding hydrogens is 528 g/mol. The van der Waals surface area contributed by atoms with Crippen LogP contribution >= 0.6 is 31.9 Å². The summed E-state index contributed by atoms with van der Waals surface area (Å²) in [4.78, 5) is 29.9. The van der Waals surface area contributed by atoms with Gasteiger partial charge in [-0.2, -0.15) is 0 Å². The normalized spacial score (nSPS) is 21.6. The van der Waals surface area contributed by atoms with Crippen LogP contribution in [0.15, 0.2) is 63.0 Å². The fourth-order valence-electron chi connectivity index (χ4n) is 3.97. The predicted octanol–water partition coefficient (Wildman–Crippen LogP) is 3.97. The number of rotatable bonds is 5. The number of hydrogen-bond donors (Lipinski definition) is 1. The topological polar surface area (TPSA) is 70.1 Å². The average molecular weight is 550 g/mol. The molecule has 162 valence electrons. The van der Waals surface area contributed by atoms with Crippen LogP contribution in [0.4, 0.5) is 0 Å². The van der Waals surface area contributed by atoms with Gasteiger partial charge in [0, 0.05) is 40.7 Å². The van der Waals surface area contributed by atoms with Gasteiger partial charge in [-0.25, -0.2) is 0 Å². The molecule has 2 aliphatic rings. The SMILES string of the molecule is O=C1C(=O)N(CCN2CCOCC2)[C@H](c2cccc(Br)c2)C1=C(O)c1ccc(Br)cc1. The number of carbonyl (C=O) groups is 2. The molecule has 0 radical (unpaired) electrons. The molecule has 1 amide bonds. The van der Waals surface area contributed by atoms with Crippen molar-refractivity contribution in [2.24, 2.45) is 0 Å². The molecule has 2 aromatic rings. The number of ether oxygens (including phenoxy) is 1. The summed E-state index contributed by atoms with van der Waals surface area (Å²) in [7, 11) is 0. The van der Waals surface area contributed by atoms with Gasteiger partial charge in [-0.15, -0.1) is 0 Å². The second kappa shape index (κ2) is 9.65. The number of aliphatic hydroxyl groups is 1. The quantitative estimate of drug-likeness (QED) is 0.347. The molecule has 1 N–H and O–H groups in total. The van der Waals surface area contributed by atoms with Gasteiger partial charge in [-0.05, 0) is 29.8 Å². The van der Waals surface area contributed by atoms with E-state index in [4.69, 9.17) is 4.74 Å². The van der Waals surface area contributed by atoms with E-state index < -0.39 is 17.7 Å². The molecule has 0 unspecified atom stereocenters. The Morgan fingerprint density at radius 2 is 1.71 bits per heavy atom. The lowest BCUT2D eigenvalue weighted by atomic mass is 9.95. The monoisotopic (exact) mass is 548 g/mol. The Morgan fingerprint density at radius 1 is 1.00 bits per heavy atom. The number of aliphatic hydroxyl groups excluding tert-OH is 1. The highest BCUT2D eigenvalue weighted by Crippen LogP contribution is 2.40. The molecule has 0 aliphatic carbocycles.